The second-order valence-corrected chi connectivity index (χ2v) is 11.3. The van der Waals surface area contributed by atoms with Crippen LogP contribution in [-0.4, -0.2) is 33.4 Å². The van der Waals surface area contributed by atoms with Gasteiger partial charge < -0.3 is 9.88 Å². The number of anilines is 2. The number of halogens is 4. The topological polar surface area (TPSA) is 105 Å². The molecule has 0 saturated heterocycles. The number of benzene rings is 2. The number of nitrogens with one attached hydrogen (secondary N) is 1. The fraction of sp³-hybridized carbons (Fsp3) is 0.182. The van der Waals surface area contributed by atoms with Crippen LogP contribution < -0.4 is 16.7 Å². The van der Waals surface area contributed by atoms with Crippen molar-refractivity contribution in [1.82, 2.24) is 33.4 Å². The van der Waals surface area contributed by atoms with Crippen LogP contribution in [0.1, 0.15) is 24.0 Å². The van der Waals surface area contributed by atoms with E-state index in [9.17, 15) is 22.8 Å². The molecule has 0 bridgehead atoms. The van der Waals surface area contributed by atoms with Gasteiger partial charge in [-0.15, -0.1) is 13.2 Å². The normalized spacial score (nSPS) is 11.4. The minimum absolute atomic E-state index is 0.131. The van der Waals surface area contributed by atoms with Gasteiger partial charge in [-0.25, -0.2) is 27.3 Å². The molecule has 0 saturated carbocycles. The van der Waals surface area contributed by atoms with Crippen molar-refractivity contribution in [3.8, 4) is 5.69 Å². The quantitative estimate of drug-likeness (QED) is 0.131. The van der Waals surface area contributed by atoms with Crippen LogP contribution in [0, 0.1) is 17.5 Å². The average Bonchev–Trinajstić information content (AvgIpc) is 3.62. The van der Waals surface area contributed by atoms with Crippen molar-refractivity contribution < 1.29 is 13.2 Å². The lowest BCUT2D eigenvalue weighted by Gasteiger charge is -2.19. The Bertz CT molecular complexity index is 2320. The fourth-order valence-electron chi connectivity index (χ4n) is 5.58. The second kappa shape index (κ2) is 12.8. The molecule has 4 heterocycles. The first-order valence-corrected chi connectivity index (χ1v) is 14.9. The van der Waals surface area contributed by atoms with Gasteiger partial charge in [0.15, 0.2) is 11.6 Å². The smallest absolute Gasteiger partial charge is 0.345 e. The Morgan fingerprint density at radius 1 is 1.02 bits per heavy atom. The van der Waals surface area contributed by atoms with Crippen molar-refractivity contribution in [3.05, 3.63) is 129 Å². The number of fused-ring (bicyclic) bond motifs is 2. The van der Waals surface area contributed by atoms with Gasteiger partial charge in [0.25, 0.3) is 0 Å². The predicted molar refractivity (Wildman–Crippen MR) is 175 cm³/mol. The van der Waals surface area contributed by atoms with Gasteiger partial charge in [0.2, 0.25) is 5.95 Å². The number of nitrogens with zero attached hydrogens (tertiary/aromatic N) is 7. The van der Waals surface area contributed by atoms with E-state index in [0.717, 1.165) is 14.5 Å². The number of hydrogen-bond acceptors (Lipinski definition) is 6. The first kappa shape index (κ1) is 31.5. The van der Waals surface area contributed by atoms with Gasteiger partial charge in [0.05, 0.1) is 40.2 Å². The van der Waals surface area contributed by atoms with Gasteiger partial charge in [-0.2, -0.15) is 10.1 Å². The molecule has 0 fully saturated rings. The molecule has 6 rings (SSSR count). The van der Waals surface area contributed by atoms with Gasteiger partial charge >= 0.3 is 11.4 Å². The molecular formula is C33H28ClF3N8O2. The number of pyridine rings is 1. The minimum atomic E-state index is -1.39. The van der Waals surface area contributed by atoms with Crippen LogP contribution in [0.25, 0.3) is 27.5 Å². The SMILES string of the molecule is C=CCCc1c(Nc2nc(=O)n(-c3cncc4ccn(CCC=C)c34)c(=O)n2Cc2cc(F)c(F)cc2F)c(Cl)cc2nn(C)cc12. The summed E-state index contributed by atoms with van der Waals surface area (Å²) < 4.78 is 48.4. The summed E-state index contributed by atoms with van der Waals surface area (Å²) >= 11 is 6.74. The lowest BCUT2D eigenvalue weighted by atomic mass is 10.0. The molecule has 0 radical (unpaired) electrons. The van der Waals surface area contributed by atoms with Crippen molar-refractivity contribution in [2.75, 3.05) is 5.32 Å². The maximum atomic E-state index is 15.0. The maximum Gasteiger partial charge on any atom is 0.359 e. The van der Waals surface area contributed by atoms with E-state index in [-0.39, 0.29) is 22.2 Å². The van der Waals surface area contributed by atoms with Crippen LogP contribution >= 0.6 is 11.6 Å². The summed E-state index contributed by atoms with van der Waals surface area (Å²) in [4.78, 5) is 36.6. The van der Waals surface area contributed by atoms with Crippen LogP contribution in [-0.2, 0) is 26.6 Å². The minimum Gasteiger partial charge on any atom is -0.345 e. The molecule has 6 aromatic rings. The van der Waals surface area contributed by atoms with Crippen molar-refractivity contribution in [3.63, 3.8) is 0 Å². The van der Waals surface area contributed by atoms with Crippen LogP contribution in [0.5, 0.6) is 0 Å². The monoisotopic (exact) mass is 660 g/mol. The Kier molecular flexibility index (Phi) is 8.56. The molecule has 0 spiro atoms. The summed E-state index contributed by atoms with van der Waals surface area (Å²) in [5.41, 5.74) is 0.0694. The Morgan fingerprint density at radius 3 is 2.55 bits per heavy atom. The largest absolute Gasteiger partial charge is 0.359 e. The van der Waals surface area contributed by atoms with Crippen LogP contribution in [0.3, 0.4) is 0 Å². The summed E-state index contributed by atoms with van der Waals surface area (Å²) in [6.45, 7) is 7.44. The Labute approximate surface area is 270 Å². The molecule has 0 aliphatic heterocycles. The molecule has 0 atom stereocenters. The van der Waals surface area contributed by atoms with Crippen molar-refractivity contribution >= 4 is 45.0 Å². The molecule has 2 aromatic carbocycles. The van der Waals surface area contributed by atoms with Crippen molar-refractivity contribution in [2.45, 2.75) is 32.4 Å². The number of allylic oxidation sites excluding steroid dienone is 2. The Balaban J connectivity index is 1.60. The highest BCUT2D eigenvalue weighted by Crippen LogP contribution is 2.36. The second-order valence-electron chi connectivity index (χ2n) is 10.9. The first-order valence-electron chi connectivity index (χ1n) is 14.5. The fourth-order valence-corrected chi connectivity index (χ4v) is 5.85. The number of hydrogen-bond donors (Lipinski definition) is 1. The van der Waals surface area contributed by atoms with E-state index in [4.69, 9.17) is 11.6 Å². The number of aromatic nitrogens is 7. The Hall–Kier alpha value is -5.43. The molecule has 0 aliphatic rings. The zero-order chi connectivity index (χ0) is 33.4. The van der Waals surface area contributed by atoms with Crippen molar-refractivity contribution in [1.29, 1.82) is 0 Å². The van der Waals surface area contributed by atoms with Crippen LogP contribution in [0.4, 0.5) is 24.8 Å². The molecule has 10 nitrogen and oxygen atoms in total. The molecule has 1 N–H and O–H groups in total. The summed E-state index contributed by atoms with van der Waals surface area (Å²) in [7, 11) is 1.76. The molecule has 0 unspecified atom stereocenters. The van der Waals surface area contributed by atoms with E-state index in [2.05, 4.69) is 33.5 Å². The average molecular weight is 661 g/mol. The zero-order valence-corrected chi connectivity index (χ0v) is 25.9. The van der Waals surface area contributed by atoms with E-state index in [1.54, 1.807) is 54.6 Å². The molecule has 240 valence electrons. The highest BCUT2D eigenvalue weighted by atomic mass is 35.5. The third-order valence-electron chi connectivity index (χ3n) is 7.77. The summed E-state index contributed by atoms with van der Waals surface area (Å²) in [6.07, 6.45) is 11.6. The predicted octanol–water partition coefficient (Wildman–Crippen LogP) is 6.19. The summed E-state index contributed by atoms with van der Waals surface area (Å²) in [6, 6.07) is 4.46. The summed E-state index contributed by atoms with van der Waals surface area (Å²) in [5, 5.41) is 9.10. The third kappa shape index (κ3) is 5.85. The standard InChI is InChI=1S/C33H28ClF3N8O2/c1-4-6-8-21-22-18-42(3)41-27(22)13-23(34)29(21)39-31-40-32(46)45(28-16-38-15-19-9-11-43(30(19)28)10-7-5-2)33(47)44(31)17-20-12-25(36)26(37)14-24(20)35/h4-5,9,11-16,18H,1-2,6-8,10,17H2,3H3,(H,39,40,46). The van der Waals surface area contributed by atoms with Crippen molar-refractivity contribution in [2.24, 2.45) is 7.05 Å². The van der Waals surface area contributed by atoms with E-state index in [1.807, 2.05) is 4.57 Å². The number of aryl methyl sites for hydroxylation is 3. The van der Waals surface area contributed by atoms with E-state index >= 15 is 0 Å². The first-order chi connectivity index (χ1) is 22.6. The highest BCUT2D eigenvalue weighted by molar-refractivity contribution is 6.34. The number of rotatable bonds is 11. The maximum absolute atomic E-state index is 15.0. The van der Waals surface area contributed by atoms with E-state index in [1.165, 1.54) is 6.20 Å². The third-order valence-corrected chi connectivity index (χ3v) is 8.07. The molecular weight excluding hydrogens is 633 g/mol. The molecule has 47 heavy (non-hydrogen) atoms. The van der Waals surface area contributed by atoms with Gasteiger partial charge in [-0.3, -0.25) is 14.2 Å². The van der Waals surface area contributed by atoms with E-state index in [0.29, 0.717) is 65.6 Å². The van der Waals surface area contributed by atoms with Crippen LogP contribution in [0.15, 0.2) is 84.0 Å². The molecule has 4 aromatic heterocycles. The van der Waals surface area contributed by atoms with Gasteiger partial charge in [0.1, 0.15) is 5.82 Å². The lowest BCUT2D eigenvalue weighted by molar-refractivity contribution is 0.487. The molecule has 0 aliphatic carbocycles. The zero-order valence-electron chi connectivity index (χ0n) is 25.2. The van der Waals surface area contributed by atoms with E-state index < -0.39 is 35.4 Å². The van der Waals surface area contributed by atoms with Gasteiger partial charge in [-0.05, 0) is 43.0 Å². The molecule has 14 heteroatoms. The Morgan fingerprint density at radius 2 is 1.79 bits per heavy atom. The highest BCUT2D eigenvalue weighted by Gasteiger charge is 2.23. The van der Waals surface area contributed by atoms with Crippen LogP contribution in [0.2, 0.25) is 5.02 Å². The summed E-state index contributed by atoms with van der Waals surface area (Å²) in [5.74, 6) is -4.09. The van der Waals surface area contributed by atoms with Gasteiger partial charge in [0, 0.05) is 54.6 Å². The lowest BCUT2D eigenvalue weighted by Crippen LogP contribution is -2.42. The van der Waals surface area contributed by atoms with Gasteiger partial charge in [-0.1, -0.05) is 23.8 Å². The molecule has 0 amide bonds.